The van der Waals surface area contributed by atoms with Crippen molar-refractivity contribution in [3.05, 3.63) is 29.8 Å². The summed E-state index contributed by atoms with van der Waals surface area (Å²) in [5.74, 6) is 0.309. The van der Waals surface area contributed by atoms with Crippen molar-refractivity contribution in [3.8, 4) is 5.75 Å². The van der Waals surface area contributed by atoms with Gasteiger partial charge in [-0.15, -0.1) is 0 Å². The molecule has 24 heavy (non-hydrogen) atoms. The number of piperazine rings is 1. The van der Waals surface area contributed by atoms with Gasteiger partial charge in [0.2, 0.25) is 18.2 Å². The average molecular weight is 333 g/mol. The van der Waals surface area contributed by atoms with Crippen LogP contribution < -0.4 is 10.1 Å². The third-order valence-corrected chi connectivity index (χ3v) is 4.00. The average Bonchev–Trinajstić information content (AvgIpc) is 2.62. The van der Waals surface area contributed by atoms with Crippen molar-refractivity contribution in [2.75, 3.05) is 39.8 Å². The van der Waals surface area contributed by atoms with Crippen molar-refractivity contribution in [1.82, 2.24) is 15.1 Å². The minimum absolute atomic E-state index is 0.154. The molecule has 0 atom stereocenters. The fraction of sp³-hybridized carbons (Fsp3) is 0.471. The number of ether oxygens (including phenoxy) is 1. The van der Waals surface area contributed by atoms with Crippen LogP contribution in [0.5, 0.6) is 5.75 Å². The lowest BCUT2D eigenvalue weighted by Crippen LogP contribution is -2.49. The summed E-state index contributed by atoms with van der Waals surface area (Å²) < 4.78 is 5.15. The second kappa shape index (κ2) is 8.90. The molecule has 3 amide bonds. The molecule has 1 aliphatic rings. The largest absolute Gasteiger partial charge is 0.497 e. The van der Waals surface area contributed by atoms with Gasteiger partial charge in [0.25, 0.3) is 0 Å². The van der Waals surface area contributed by atoms with E-state index >= 15 is 0 Å². The highest BCUT2D eigenvalue weighted by Gasteiger charge is 2.21. The lowest BCUT2D eigenvalue weighted by molar-refractivity contribution is -0.138. The van der Waals surface area contributed by atoms with Crippen LogP contribution in [0.1, 0.15) is 12.0 Å². The molecule has 0 aromatic heterocycles. The van der Waals surface area contributed by atoms with E-state index in [9.17, 15) is 14.4 Å². The first-order valence-electron chi connectivity index (χ1n) is 7.99. The van der Waals surface area contributed by atoms with Gasteiger partial charge in [0.15, 0.2) is 0 Å². The molecule has 2 rings (SSSR count). The molecule has 0 spiro atoms. The standard InChI is InChI=1S/C17H23N3O4/c1-24-15-4-2-3-14(11-15)5-6-18-16(22)12-17(23)20-9-7-19(13-21)8-10-20/h2-4,11,13H,5-10,12H2,1H3,(H,18,22). The lowest BCUT2D eigenvalue weighted by atomic mass is 10.1. The van der Waals surface area contributed by atoms with Crippen LogP contribution in [0.3, 0.4) is 0 Å². The SMILES string of the molecule is COc1cccc(CCNC(=O)CC(=O)N2CCN(C=O)CC2)c1. The van der Waals surface area contributed by atoms with Gasteiger partial charge in [0.1, 0.15) is 12.2 Å². The third kappa shape index (κ3) is 5.26. The molecule has 7 nitrogen and oxygen atoms in total. The van der Waals surface area contributed by atoms with E-state index in [1.165, 1.54) is 0 Å². The van der Waals surface area contributed by atoms with E-state index in [0.717, 1.165) is 17.7 Å². The van der Waals surface area contributed by atoms with Gasteiger partial charge in [-0.25, -0.2) is 0 Å². The molecule has 1 heterocycles. The van der Waals surface area contributed by atoms with Crippen molar-refractivity contribution in [2.45, 2.75) is 12.8 Å². The van der Waals surface area contributed by atoms with Crippen LogP contribution in [0.25, 0.3) is 0 Å². The van der Waals surface area contributed by atoms with E-state index < -0.39 is 0 Å². The van der Waals surface area contributed by atoms with Gasteiger partial charge in [-0.05, 0) is 24.1 Å². The maximum atomic E-state index is 12.1. The van der Waals surface area contributed by atoms with Crippen LogP contribution in [0, 0.1) is 0 Å². The minimum Gasteiger partial charge on any atom is -0.497 e. The number of hydrogen-bond donors (Lipinski definition) is 1. The zero-order valence-electron chi connectivity index (χ0n) is 13.9. The number of carbonyl (C=O) groups is 3. The first-order chi connectivity index (χ1) is 11.6. The smallest absolute Gasteiger partial charge is 0.232 e. The Balaban J connectivity index is 1.69. The summed E-state index contributed by atoms with van der Waals surface area (Å²) in [5, 5.41) is 2.76. The molecule has 1 aliphatic heterocycles. The fourth-order valence-corrected chi connectivity index (χ4v) is 2.56. The Hall–Kier alpha value is -2.57. The quantitative estimate of drug-likeness (QED) is 0.565. The number of benzene rings is 1. The predicted octanol–water partition coefficient (Wildman–Crippen LogP) is 0.0446. The van der Waals surface area contributed by atoms with Crippen molar-refractivity contribution in [3.63, 3.8) is 0 Å². The maximum Gasteiger partial charge on any atom is 0.232 e. The van der Waals surface area contributed by atoms with Crippen molar-refractivity contribution in [2.24, 2.45) is 0 Å². The summed E-state index contributed by atoms with van der Waals surface area (Å²) in [6.07, 6.45) is 1.31. The Morgan fingerprint density at radius 3 is 2.67 bits per heavy atom. The molecule has 1 aromatic rings. The van der Waals surface area contributed by atoms with Crippen LogP contribution in [0.4, 0.5) is 0 Å². The second-order valence-electron chi connectivity index (χ2n) is 5.65. The molecular formula is C17H23N3O4. The molecule has 1 aromatic carbocycles. The minimum atomic E-state index is -0.277. The Bertz CT molecular complexity index is 583. The van der Waals surface area contributed by atoms with Gasteiger partial charge < -0.3 is 19.9 Å². The molecule has 130 valence electrons. The molecule has 1 N–H and O–H groups in total. The molecule has 0 aliphatic carbocycles. The first-order valence-corrected chi connectivity index (χ1v) is 7.99. The normalized spacial score (nSPS) is 14.2. The lowest BCUT2D eigenvalue weighted by Gasteiger charge is -2.32. The molecule has 0 radical (unpaired) electrons. The molecule has 0 saturated carbocycles. The molecule has 7 heteroatoms. The molecular weight excluding hydrogens is 310 g/mol. The summed E-state index contributed by atoms with van der Waals surface area (Å²) in [6.45, 7) is 2.47. The molecule has 1 fully saturated rings. The van der Waals surface area contributed by atoms with Crippen LogP contribution in [0.2, 0.25) is 0 Å². The number of nitrogens with one attached hydrogen (secondary N) is 1. The number of hydrogen-bond acceptors (Lipinski definition) is 4. The Morgan fingerprint density at radius 2 is 2.00 bits per heavy atom. The van der Waals surface area contributed by atoms with Gasteiger partial charge in [0.05, 0.1) is 7.11 Å². The van der Waals surface area contributed by atoms with Gasteiger partial charge in [-0.3, -0.25) is 14.4 Å². The summed E-state index contributed by atoms with van der Waals surface area (Å²) in [6, 6.07) is 7.65. The molecule has 1 saturated heterocycles. The van der Waals surface area contributed by atoms with Crippen LogP contribution in [-0.4, -0.2) is 67.9 Å². The predicted molar refractivity (Wildman–Crippen MR) is 88.5 cm³/mol. The van der Waals surface area contributed by atoms with E-state index in [-0.39, 0.29) is 18.2 Å². The third-order valence-electron chi connectivity index (χ3n) is 4.00. The summed E-state index contributed by atoms with van der Waals surface area (Å²) in [7, 11) is 1.61. The van der Waals surface area contributed by atoms with Gasteiger partial charge in [-0.2, -0.15) is 0 Å². The van der Waals surface area contributed by atoms with Crippen molar-refractivity contribution < 1.29 is 19.1 Å². The topological polar surface area (TPSA) is 79.0 Å². The highest BCUT2D eigenvalue weighted by Crippen LogP contribution is 2.12. The second-order valence-corrected chi connectivity index (χ2v) is 5.65. The van der Waals surface area contributed by atoms with Gasteiger partial charge in [0, 0.05) is 32.7 Å². The monoisotopic (exact) mass is 333 g/mol. The van der Waals surface area contributed by atoms with Crippen LogP contribution in [-0.2, 0) is 20.8 Å². The van der Waals surface area contributed by atoms with Crippen molar-refractivity contribution in [1.29, 1.82) is 0 Å². The highest BCUT2D eigenvalue weighted by atomic mass is 16.5. The van der Waals surface area contributed by atoms with Crippen LogP contribution >= 0.6 is 0 Å². The molecule has 0 bridgehead atoms. The first kappa shape index (κ1) is 17.8. The number of carbonyl (C=O) groups excluding carboxylic acids is 3. The maximum absolute atomic E-state index is 12.1. The number of methoxy groups -OCH3 is 1. The summed E-state index contributed by atoms with van der Waals surface area (Å²) >= 11 is 0. The summed E-state index contributed by atoms with van der Waals surface area (Å²) in [4.78, 5) is 37.8. The Kier molecular flexibility index (Phi) is 6.60. The zero-order valence-corrected chi connectivity index (χ0v) is 13.9. The number of amides is 3. The number of rotatable bonds is 7. The van der Waals surface area contributed by atoms with E-state index in [1.807, 2.05) is 24.3 Å². The summed E-state index contributed by atoms with van der Waals surface area (Å²) in [5.41, 5.74) is 1.06. The van der Waals surface area contributed by atoms with E-state index in [1.54, 1.807) is 16.9 Å². The molecule has 0 unspecified atom stereocenters. The fourth-order valence-electron chi connectivity index (χ4n) is 2.56. The highest BCUT2D eigenvalue weighted by molar-refractivity contribution is 5.96. The van der Waals surface area contributed by atoms with Gasteiger partial charge >= 0.3 is 0 Å². The zero-order chi connectivity index (χ0) is 17.4. The van der Waals surface area contributed by atoms with E-state index in [2.05, 4.69) is 5.32 Å². The van der Waals surface area contributed by atoms with Crippen LogP contribution in [0.15, 0.2) is 24.3 Å². The van der Waals surface area contributed by atoms with Gasteiger partial charge in [-0.1, -0.05) is 12.1 Å². The van der Waals surface area contributed by atoms with Crippen molar-refractivity contribution >= 4 is 18.2 Å². The number of nitrogens with zero attached hydrogens (tertiary/aromatic N) is 2. The van der Waals surface area contributed by atoms with E-state index in [0.29, 0.717) is 39.1 Å². The Morgan fingerprint density at radius 1 is 1.25 bits per heavy atom. The Labute approximate surface area is 141 Å². The van der Waals surface area contributed by atoms with E-state index in [4.69, 9.17) is 4.74 Å².